The van der Waals surface area contributed by atoms with Crippen molar-refractivity contribution in [3.05, 3.63) is 27.2 Å². The molecule has 0 bridgehead atoms. The summed E-state index contributed by atoms with van der Waals surface area (Å²) in [5.74, 6) is 0.0180. The van der Waals surface area contributed by atoms with Crippen LogP contribution < -0.4 is 4.74 Å². The molecule has 0 spiro atoms. The second-order valence-corrected chi connectivity index (χ2v) is 8.23. The third-order valence-electron chi connectivity index (χ3n) is 3.39. The number of carbonyl (C=O) groups excluding carboxylic acids is 1. The van der Waals surface area contributed by atoms with Gasteiger partial charge in [0.25, 0.3) is 5.91 Å². The largest absolute Gasteiger partial charge is 0.482 e. The first kappa shape index (κ1) is 18.6. The average Bonchev–Trinajstić information content (AvgIpc) is 2.48. The predicted octanol–water partition coefficient (Wildman–Crippen LogP) is 2.13. The number of nitrogens with zero attached hydrogens (tertiary/aromatic N) is 2. The van der Waals surface area contributed by atoms with Crippen LogP contribution in [0.2, 0.25) is 15.1 Å². The maximum Gasteiger partial charge on any atom is 0.260 e. The van der Waals surface area contributed by atoms with E-state index < -0.39 is 10.0 Å². The van der Waals surface area contributed by atoms with Crippen molar-refractivity contribution in [1.29, 1.82) is 0 Å². The summed E-state index contributed by atoms with van der Waals surface area (Å²) in [6.45, 7) is 0.988. The Balaban J connectivity index is 1.90. The van der Waals surface area contributed by atoms with Crippen molar-refractivity contribution < 1.29 is 17.9 Å². The highest BCUT2D eigenvalue weighted by Crippen LogP contribution is 2.33. The van der Waals surface area contributed by atoms with Crippen molar-refractivity contribution in [2.75, 3.05) is 39.0 Å². The lowest BCUT2D eigenvalue weighted by Gasteiger charge is -2.33. The second kappa shape index (κ2) is 7.44. The molecule has 0 N–H and O–H groups in total. The summed E-state index contributed by atoms with van der Waals surface area (Å²) in [4.78, 5) is 13.7. The number of piperazine rings is 1. The Morgan fingerprint density at radius 3 is 2.22 bits per heavy atom. The van der Waals surface area contributed by atoms with E-state index in [4.69, 9.17) is 39.5 Å². The molecule has 0 atom stereocenters. The topological polar surface area (TPSA) is 66.9 Å². The van der Waals surface area contributed by atoms with Gasteiger partial charge >= 0.3 is 0 Å². The van der Waals surface area contributed by atoms with E-state index in [-0.39, 0.29) is 41.4 Å². The molecule has 0 unspecified atom stereocenters. The fourth-order valence-corrected chi connectivity index (χ4v) is 3.53. The normalized spacial score (nSPS) is 16.4. The van der Waals surface area contributed by atoms with Gasteiger partial charge in [0.05, 0.1) is 21.3 Å². The van der Waals surface area contributed by atoms with Crippen molar-refractivity contribution in [3.63, 3.8) is 0 Å². The molecule has 1 aliphatic heterocycles. The number of hydrogen-bond donors (Lipinski definition) is 0. The summed E-state index contributed by atoms with van der Waals surface area (Å²) in [5.41, 5.74) is 0. The lowest BCUT2D eigenvalue weighted by atomic mass is 10.3. The van der Waals surface area contributed by atoms with E-state index in [1.54, 1.807) is 4.90 Å². The van der Waals surface area contributed by atoms with Crippen molar-refractivity contribution in [1.82, 2.24) is 9.21 Å². The number of benzene rings is 1. The van der Waals surface area contributed by atoms with Crippen LogP contribution in [0.15, 0.2) is 12.1 Å². The molecule has 1 aromatic rings. The third kappa shape index (κ3) is 4.87. The van der Waals surface area contributed by atoms with Crippen molar-refractivity contribution >= 4 is 50.7 Å². The molecule has 1 aliphatic rings. The molecule has 1 amide bonds. The van der Waals surface area contributed by atoms with Gasteiger partial charge in [0.2, 0.25) is 10.0 Å². The number of carbonyl (C=O) groups is 1. The van der Waals surface area contributed by atoms with Crippen LogP contribution in [0.25, 0.3) is 0 Å². The summed E-state index contributed by atoms with van der Waals surface area (Å²) >= 11 is 17.7. The van der Waals surface area contributed by atoms with Gasteiger partial charge in [0.15, 0.2) is 6.61 Å². The van der Waals surface area contributed by atoms with Crippen LogP contribution in [0, 0.1) is 0 Å². The Kier molecular flexibility index (Phi) is 6.02. The van der Waals surface area contributed by atoms with Gasteiger partial charge in [-0.25, -0.2) is 8.42 Å². The quantitative estimate of drug-likeness (QED) is 0.725. The first-order valence-electron chi connectivity index (χ1n) is 6.68. The number of amides is 1. The molecule has 128 valence electrons. The second-order valence-electron chi connectivity index (χ2n) is 5.03. The molecule has 0 aromatic heterocycles. The van der Waals surface area contributed by atoms with E-state index in [1.165, 1.54) is 16.4 Å². The van der Waals surface area contributed by atoms with Gasteiger partial charge in [-0.1, -0.05) is 34.8 Å². The van der Waals surface area contributed by atoms with E-state index >= 15 is 0 Å². The van der Waals surface area contributed by atoms with E-state index in [0.717, 1.165) is 6.26 Å². The standard InChI is InChI=1S/C13H15Cl3N2O4S/c1-23(20,21)18-4-2-17(3-5-18)13(19)8-22-12-7-10(15)9(14)6-11(12)16/h6-7H,2-5,8H2,1H3. The van der Waals surface area contributed by atoms with Crippen LogP contribution >= 0.6 is 34.8 Å². The molecule has 1 heterocycles. The number of ether oxygens (including phenoxy) is 1. The molecule has 1 fully saturated rings. The molecular formula is C13H15Cl3N2O4S. The predicted molar refractivity (Wildman–Crippen MR) is 90.0 cm³/mol. The smallest absolute Gasteiger partial charge is 0.260 e. The van der Waals surface area contributed by atoms with Crippen LogP contribution in [0.5, 0.6) is 5.75 Å². The Hall–Kier alpha value is -0.730. The maximum absolute atomic E-state index is 12.1. The minimum absolute atomic E-state index is 0.212. The molecule has 2 rings (SSSR count). The summed E-state index contributed by atoms with van der Waals surface area (Å²) in [6, 6.07) is 2.89. The van der Waals surface area contributed by atoms with Crippen LogP contribution in [0.3, 0.4) is 0 Å². The summed E-state index contributed by atoms with van der Waals surface area (Å²) in [5, 5.41) is 0.835. The number of halogens is 3. The molecular weight excluding hydrogens is 387 g/mol. The number of sulfonamides is 1. The summed E-state index contributed by atoms with van der Waals surface area (Å²) in [6.07, 6.45) is 1.15. The summed E-state index contributed by atoms with van der Waals surface area (Å²) in [7, 11) is -3.23. The van der Waals surface area contributed by atoms with Gasteiger partial charge in [0, 0.05) is 32.2 Å². The van der Waals surface area contributed by atoms with Gasteiger partial charge in [-0.3, -0.25) is 4.79 Å². The molecule has 1 aromatic carbocycles. The monoisotopic (exact) mass is 400 g/mol. The fraction of sp³-hybridized carbons (Fsp3) is 0.462. The molecule has 23 heavy (non-hydrogen) atoms. The van der Waals surface area contributed by atoms with Gasteiger partial charge < -0.3 is 9.64 Å². The zero-order valence-electron chi connectivity index (χ0n) is 12.3. The van der Waals surface area contributed by atoms with Crippen LogP contribution in [-0.2, 0) is 14.8 Å². The Morgan fingerprint density at radius 2 is 1.65 bits per heavy atom. The van der Waals surface area contributed by atoms with Gasteiger partial charge in [0.1, 0.15) is 5.75 Å². The summed E-state index contributed by atoms with van der Waals surface area (Å²) < 4.78 is 29.6. The lowest BCUT2D eigenvalue weighted by Crippen LogP contribution is -2.51. The molecule has 0 radical (unpaired) electrons. The Morgan fingerprint density at radius 1 is 1.09 bits per heavy atom. The van der Waals surface area contributed by atoms with Crippen LogP contribution in [0.1, 0.15) is 0 Å². The van der Waals surface area contributed by atoms with Gasteiger partial charge in [-0.05, 0) is 6.07 Å². The van der Waals surface area contributed by atoms with E-state index in [0.29, 0.717) is 18.1 Å². The first-order valence-corrected chi connectivity index (χ1v) is 9.67. The number of hydrogen-bond acceptors (Lipinski definition) is 4. The van der Waals surface area contributed by atoms with Gasteiger partial charge in [-0.2, -0.15) is 4.31 Å². The first-order chi connectivity index (χ1) is 10.7. The van der Waals surface area contributed by atoms with Crippen molar-refractivity contribution in [2.24, 2.45) is 0 Å². The van der Waals surface area contributed by atoms with E-state index in [1.807, 2.05) is 0 Å². The minimum Gasteiger partial charge on any atom is -0.482 e. The molecule has 10 heteroatoms. The highest BCUT2D eigenvalue weighted by Gasteiger charge is 2.26. The zero-order valence-corrected chi connectivity index (χ0v) is 15.3. The highest BCUT2D eigenvalue weighted by atomic mass is 35.5. The van der Waals surface area contributed by atoms with E-state index in [2.05, 4.69) is 0 Å². The average molecular weight is 402 g/mol. The maximum atomic E-state index is 12.1. The van der Waals surface area contributed by atoms with Crippen LogP contribution in [-0.4, -0.2) is 62.6 Å². The zero-order chi connectivity index (χ0) is 17.2. The minimum atomic E-state index is -3.23. The third-order valence-corrected chi connectivity index (χ3v) is 5.71. The Labute approximate surface area is 149 Å². The van der Waals surface area contributed by atoms with Gasteiger partial charge in [-0.15, -0.1) is 0 Å². The lowest BCUT2D eigenvalue weighted by molar-refractivity contribution is -0.134. The molecule has 1 saturated heterocycles. The molecule has 0 saturated carbocycles. The Bertz CT molecular complexity index is 703. The van der Waals surface area contributed by atoms with E-state index in [9.17, 15) is 13.2 Å². The molecule has 0 aliphatic carbocycles. The van der Waals surface area contributed by atoms with Crippen molar-refractivity contribution in [3.8, 4) is 5.75 Å². The fourth-order valence-electron chi connectivity index (χ4n) is 2.11. The van der Waals surface area contributed by atoms with Crippen molar-refractivity contribution in [2.45, 2.75) is 0 Å². The SMILES string of the molecule is CS(=O)(=O)N1CCN(C(=O)COc2cc(Cl)c(Cl)cc2Cl)CC1. The molecule has 6 nitrogen and oxygen atoms in total. The number of rotatable bonds is 4. The van der Waals surface area contributed by atoms with Crippen LogP contribution in [0.4, 0.5) is 0 Å². The highest BCUT2D eigenvalue weighted by molar-refractivity contribution is 7.88.